The molecule has 1 atom stereocenters. The molecule has 0 saturated heterocycles. The highest BCUT2D eigenvalue weighted by Crippen LogP contribution is 2.38. The quantitative estimate of drug-likeness (QED) is 0.823. The van der Waals surface area contributed by atoms with E-state index in [1.165, 1.54) is 41.2 Å². The molecule has 1 fully saturated rings. The van der Waals surface area contributed by atoms with Crippen LogP contribution in [0.15, 0.2) is 36.4 Å². The second-order valence-electron chi connectivity index (χ2n) is 5.23. The molecule has 1 saturated carbocycles. The first kappa shape index (κ1) is 10.8. The van der Waals surface area contributed by atoms with Gasteiger partial charge in [-0.15, -0.1) is 0 Å². The molecule has 0 radical (unpaired) electrons. The summed E-state index contributed by atoms with van der Waals surface area (Å²) in [6.45, 7) is 2.17. The molecule has 0 bridgehead atoms. The Kier molecular flexibility index (Phi) is 2.64. The van der Waals surface area contributed by atoms with Crippen LogP contribution in [-0.4, -0.2) is 0 Å². The normalized spacial score (nSPS) is 18.0. The molecule has 3 rings (SSSR count). The van der Waals surface area contributed by atoms with E-state index in [0.717, 1.165) is 0 Å². The predicted octanol–water partition coefficient (Wildman–Crippen LogP) is 3.95. The maximum Gasteiger partial charge on any atom is 0.0329 e. The molecule has 0 aliphatic heterocycles. The maximum absolute atomic E-state index is 6.42. The van der Waals surface area contributed by atoms with Gasteiger partial charge in [-0.05, 0) is 47.6 Å². The van der Waals surface area contributed by atoms with Gasteiger partial charge in [0, 0.05) is 6.04 Å². The Morgan fingerprint density at radius 3 is 2.41 bits per heavy atom. The van der Waals surface area contributed by atoms with Gasteiger partial charge in [-0.3, -0.25) is 0 Å². The van der Waals surface area contributed by atoms with Crippen molar-refractivity contribution in [2.75, 3.05) is 0 Å². The molecular formula is C16H19N. The zero-order chi connectivity index (χ0) is 11.8. The molecule has 0 aromatic heterocycles. The zero-order valence-electron chi connectivity index (χ0n) is 10.3. The van der Waals surface area contributed by atoms with Crippen molar-refractivity contribution >= 4 is 10.8 Å². The van der Waals surface area contributed by atoms with E-state index in [9.17, 15) is 0 Å². The SMILES string of the molecule is Cc1ccc(C(N)C2CCC2)c2ccccc12. The summed E-state index contributed by atoms with van der Waals surface area (Å²) in [7, 11) is 0. The molecule has 2 N–H and O–H groups in total. The van der Waals surface area contributed by atoms with Crippen LogP contribution in [0.3, 0.4) is 0 Å². The first-order chi connectivity index (χ1) is 8.27. The van der Waals surface area contributed by atoms with Crippen molar-refractivity contribution < 1.29 is 0 Å². The minimum Gasteiger partial charge on any atom is -0.324 e. The Balaban J connectivity index is 2.12. The number of nitrogens with two attached hydrogens (primary N) is 1. The monoisotopic (exact) mass is 225 g/mol. The number of hydrogen-bond acceptors (Lipinski definition) is 1. The van der Waals surface area contributed by atoms with Gasteiger partial charge in [-0.2, -0.15) is 0 Å². The molecule has 1 aliphatic rings. The van der Waals surface area contributed by atoms with Crippen LogP contribution in [0.25, 0.3) is 10.8 Å². The standard InChI is InChI=1S/C16H19N/c1-11-9-10-15(16(17)12-5-4-6-12)14-8-3-2-7-13(11)14/h2-3,7-10,12,16H,4-6,17H2,1H3. The summed E-state index contributed by atoms with van der Waals surface area (Å²) >= 11 is 0. The lowest BCUT2D eigenvalue weighted by Gasteiger charge is -2.32. The summed E-state index contributed by atoms with van der Waals surface area (Å²) in [4.78, 5) is 0. The summed E-state index contributed by atoms with van der Waals surface area (Å²) in [5.74, 6) is 0.695. The van der Waals surface area contributed by atoms with E-state index in [4.69, 9.17) is 5.73 Å². The first-order valence-electron chi connectivity index (χ1n) is 6.51. The van der Waals surface area contributed by atoms with Gasteiger partial charge in [0.1, 0.15) is 0 Å². The van der Waals surface area contributed by atoms with Gasteiger partial charge in [0.05, 0.1) is 0 Å². The van der Waals surface area contributed by atoms with Crippen molar-refractivity contribution in [1.29, 1.82) is 0 Å². The smallest absolute Gasteiger partial charge is 0.0329 e. The average Bonchev–Trinajstić information content (AvgIpc) is 2.27. The molecule has 0 spiro atoms. The number of aryl methyl sites for hydroxylation is 1. The first-order valence-corrected chi connectivity index (χ1v) is 6.51. The summed E-state index contributed by atoms with van der Waals surface area (Å²) in [6, 6.07) is 13.3. The Morgan fingerprint density at radius 1 is 1.06 bits per heavy atom. The Hall–Kier alpha value is -1.34. The molecule has 2 aromatic carbocycles. The number of fused-ring (bicyclic) bond motifs is 1. The molecule has 1 aliphatic carbocycles. The Labute approximate surface area is 103 Å². The van der Waals surface area contributed by atoms with E-state index < -0.39 is 0 Å². The molecule has 1 heteroatoms. The van der Waals surface area contributed by atoms with Gasteiger partial charge in [-0.1, -0.05) is 42.8 Å². The van der Waals surface area contributed by atoms with Crippen molar-refractivity contribution in [2.24, 2.45) is 11.7 Å². The molecule has 17 heavy (non-hydrogen) atoms. The van der Waals surface area contributed by atoms with E-state index in [-0.39, 0.29) is 6.04 Å². The average molecular weight is 225 g/mol. The minimum atomic E-state index is 0.217. The highest BCUT2D eigenvalue weighted by molar-refractivity contribution is 5.88. The fourth-order valence-corrected chi connectivity index (χ4v) is 2.82. The van der Waals surface area contributed by atoms with Gasteiger partial charge in [0.15, 0.2) is 0 Å². The van der Waals surface area contributed by atoms with Crippen LogP contribution in [-0.2, 0) is 0 Å². The topological polar surface area (TPSA) is 26.0 Å². The number of rotatable bonds is 2. The third-order valence-electron chi connectivity index (χ3n) is 4.19. The molecule has 88 valence electrons. The van der Waals surface area contributed by atoms with E-state index in [1.807, 2.05) is 0 Å². The lowest BCUT2D eigenvalue weighted by molar-refractivity contribution is 0.265. The predicted molar refractivity (Wildman–Crippen MR) is 73.0 cm³/mol. The van der Waals surface area contributed by atoms with E-state index >= 15 is 0 Å². The van der Waals surface area contributed by atoms with Crippen LogP contribution < -0.4 is 5.73 Å². The molecule has 0 amide bonds. The van der Waals surface area contributed by atoms with E-state index in [1.54, 1.807) is 0 Å². The van der Waals surface area contributed by atoms with Crippen molar-refractivity contribution in [3.8, 4) is 0 Å². The Morgan fingerprint density at radius 2 is 1.76 bits per heavy atom. The molecule has 0 heterocycles. The fourth-order valence-electron chi connectivity index (χ4n) is 2.82. The van der Waals surface area contributed by atoms with Crippen LogP contribution in [0, 0.1) is 12.8 Å². The third kappa shape index (κ3) is 1.75. The van der Waals surface area contributed by atoms with Crippen LogP contribution in [0.5, 0.6) is 0 Å². The third-order valence-corrected chi connectivity index (χ3v) is 4.19. The number of benzene rings is 2. The van der Waals surface area contributed by atoms with Crippen LogP contribution in [0.1, 0.15) is 36.4 Å². The number of hydrogen-bond donors (Lipinski definition) is 1. The minimum absolute atomic E-state index is 0.217. The summed E-state index contributed by atoms with van der Waals surface area (Å²) in [5, 5.41) is 2.69. The van der Waals surface area contributed by atoms with E-state index in [2.05, 4.69) is 43.3 Å². The highest BCUT2D eigenvalue weighted by Gasteiger charge is 2.26. The van der Waals surface area contributed by atoms with Crippen molar-refractivity contribution in [1.82, 2.24) is 0 Å². The van der Waals surface area contributed by atoms with Crippen LogP contribution >= 0.6 is 0 Å². The fraction of sp³-hybridized carbons (Fsp3) is 0.375. The zero-order valence-corrected chi connectivity index (χ0v) is 10.3. The molecule has 2 aromatic rings. The summed E-state index contributed by atoms with van der Waals surface area (Å²) in [6.07, 6.45) is 3.94. The second kappa shape index (κ2) is 4.15. The van der Waals surface area contributed by atoms with Gasteiger partial charge >= 0.3 is 0 Å². The van der Waals surface area contributed by atoms with E-state index in [0.29, 0.717) is 5.92 Å². The molecule has 1 unspecified atom stereocenters. The van der Waals surface area contributed by atoms with Crippen molar-refractivity contribution in [3.63, 3.8) is 0 Å². The van der Waals surface area contributed by atoms with Crippen molar-refractivity contribution in [3.05, 3.63) is 47.5 Å². The van der Waals surface area contributed by atoms with Gasteiger partial charge < -0.3 is 5.73 Å². The summed E-state index contributed by atoms with van der Waals surface area (Å²) in [5.41, 5.74) is 9.08. The molecular weight excluding hydrogens is 206 g/mol. The van der Waals surface area contributed by atoms with Gasteiger partial charge in [0.25, 0.3) is 0 Å². The molecule has 1 nitrogen and oxygen atoms in total. The Bertz CT molecular complexity index is 540. The maximum atomic E-state index is 6.42. The highest BCUT2D eigenvalue weighted by atomic mass is 14.7. The lowest BCUT2D eigenvalue weighted by atomic mass is 9.76. The van der Waals surface area contributed by atoms with Gasteiger partial charge in [0.2, 0.25) is 0 Å². The van der Waals surface area contributed by atoms with Crippen molar-refractivity contribution in [2.45, 2.75) is 32.2 Å². The largest absolute Gasteiger partial charge is 0.324 e. The van der Waals surface area contributed by atoms with Crippen LogP contribution in [0.2, 0.25) is 0 Å². The summed E-state index contributed by atoms with van der Waals surface area (Å²) < 4.78 is 0. The second-order valence-corrected chi connectivity index (χ2v) is 5.23. The van der Waals surface area contributed by atoms with Gasteiger partial charge in [-0.25, -0.2) is 0 Å². The van der Waals surface area contributed by atoms with Crippen LogP contribution in [0.4, 0.5) is 0 Å². The lowest BCUT2D eigenvalue weighted by Crippen LogP contribution is -2.27.